The van der Waals surface area contributed by atoms with Gasteiger partial charge in [0.05, 0.1) is 12.0 Å². The first-order valence-electron chi connectivity index (χ1n) is 9.39. The number of halogens is 2. The van der Waals surface area contributed by atoms with Crippen LogP contribution in [0.25, 0.3) is 11.1 Å². The molecule has 8 nitrogen and oxygen atoms in total. The molecule has 0 saturated carbocycles. The van der Waals surface area contributed by atoms with Gasteiger partial charge >= 0.3 is 0 Å². The maximum Gasteiger partial charge on any atom is 0.240 e. The third-order valence-electron chi connectivity index (χ3n) is 4.67. The molecule has 2 heterocycles. The Morgan fingerprint density at radius 1 is 1.10 bits per heavy atom. The number of nitrogens with zero attached hydrogens (tertiary/aromatic N) is 2. The van der Waals surface area contributed by atoms with Crippen molar-refractivity contribution in [3.63, 3.8) is 0 Å². The summed E-state index contributed by atoms with van der Waals surface area (Å²) in [5.74, 6) is -1.69. The average Bonchev–Trinajstić information content (AvgIpc) is 2.75. The van der Waals surface area contributed by atoms with Crippen molar-refractivity contribution in [1.82, 2.24) is 14.7 Å². The van der Waals surface area contributed by atoms with Gasteiger partial charge in [-0.05, 0) is 36.8 Å². The number of anilines is 3. The number of sulfonamides is 1. The Kier molecular flexibility index (Phi) is 5.70. The number of methoxy groups -OCH3 is 1. The molecule has 3 N–H and O–H groups in total. The Hall–Kier alpha value is -3.31. The molecule has 2 aromatic carbocycles. The van der Waals surface area contributed by atoms with E-state index in [-0.39, 0.29) is 23.0 Å². The Bertz CT molecular complexity index is 1240. The smallest absolute Gasteiger partial charge is 0.240 e. The lowest BCUT2D eigenvalue weighted by Gasteiger charge is -2.14. The van der Waals surface area contributed by atoms with E-state index in [0.717, 1.165) is 6.07 Å². The zero-order valence-corrected chi connectivity index (χ0v) is 17.3. The van der Waals surface area contributed by atoms with E-state index in [0.29, 0.717) is 30.0 Å². The lowest BCUT2D eigenvalue weighted by Crippen LogP contribution is -2.26. The highest BCUT2D eigenvalue weighted by Crippen LogP contribution is 2.35. The number of benzene rings is 2. The molecule has 1 aromatic heterocycles. The molecule has 0 amide bonds. The zero-order valence-electron chi connectivity index (χ0n) is 16.4. The molecule has 1 aliphatic heterocycles. The largest absolute Gasteiger partial charge is 0.491 e. The van der Waals surface area contributed by atoms with Crippen molar-refractivity contribution >= 4 is 27.5 Å². The van der Waals surface area contributed by atoms with E-state index in [1.54, 1.807) is 12.1 Å². The topological polar surface area (TPSA) is 105 Å². The SMILES string of the molecule is COc1c(F)ccc(-c2cnc3nc2NCCCNS(=O)(=O)c2cccc(c2)N3)c1F. The summed E-state index contributed by atoms with van der Waals surface area (Å²) in [7, 11) is -2.48. The van der Waals surface area contributed by atoms with Gasteiger partial charge in [0.1, 0.15) is 5.82 Å². The Balaban J connectivity index is 1.78. The van der Waals surface area contributed by atoms with Crippen LogP contribution in [0, 0.1) is 11.6 Å². The number of ether oxygens (including phenoxy) is 1. The zero-order chi connectivity index (χ0) is 22.0. The highest BCUT2D eigenvalue weighted by Gasteiger charge is 2.20. The van der Waals surface area contributed by atoms with Crippen molar-refractivity contribution in [2.24, 2.45) is 0 Å². The summed E-state index contributed by atoms with van der Waals surface area (Å²) in [6.07, 6.45) is 1.85. The van der Waals surface area contributed by atoms with Crippen LogP contribution in [0.1, 0.15) is 6.42 Å². The summed E-state index contributed by atoms with van der Waals surface area (Å²) in [4.78, 5) is 8.75. The van der Waals surface area contributed by atoms with Gasteiger partial charge in [0.2, 0.25) is 16.0 Å². The van der Waals surface area contributed by atoms with Crippen LogP contribution in [0.2, 0.25) is 0 Å². The number of hydrogen-bond donors (Lipinski definition) is 3. The van der Waals surface area contributed by atoms with Crippen molar-refractivity contribution in [3.05, 3.63) is 54.2 Å². The van der Waals surface area contributed by atoms with E-state index in [9.17, 15) is 17.2 Å². The van der Waals surface area contributed by atoms with E-state index in [1.165, 1.54) is 31.5 Å². The highest BCUT2D eigenvalue weighted by atomic mass is 32.2. The third kappa shape index (κ3) is 4.28. The predicted octanol–water partition coefficient (Wildman–Crippen LogP) is 3.27. The molecule has 0 radical (unpaired) electrons. The van der Waals surface area contributed by atoms with Gasteiger partial charge in [-0.15, -0.1) is 0 Å². The van der Waals surface area contributed by atoms with Crippen molar-refractivity contribution < 1.29 is 21.9 Å². The van der Waals surface area contributed by atoms with Crippen LogP contribution in [-0.4, -0.2) is 38.6 Å². The molecule has 0 saturated heterocycles. The minimum absolute atomic E-state index is 0.0688. The maximum absolute atomic E-state index is 14.8. The van der Waals surface area contributed by atoms with Crippen molar-refractivity contribution in [2.45, 2.75) is 11.3 Å². The van der Waals surface area contributed by atoms with Crippen LogP contribution >= 0.6 is 0 Å². The van der Waals surface area contributed by atoms with Crippen LogP contribution in [0.3, 0.4) is 0 Å². The van der Waals surface area contributed by atoms with Crippen LogP contribution in [0.4, 0.5) is 26.2 Å². The standard InChI is InChI=1S/C20H19F2N5O3S/c1-30-18-16(21)7-6-14(17(18)22)15-11-24-20-26-12-4-2-5-13(10-12)31(28,29)25-9-3-8-23-19(15)27-20/h2,4-7,10-11,25H,3,8-9H2,1H3,(H2,23,24,26,27). The van der Waals surface area contributed by atoms with Gasteiger partial charge < -0.3 is 15.4 Å². The summed E-state index contributed by atoms with van der Waals surface area (Å²) in [6, 6.07) is 8.63. The van der Waals surface area contributed by atoms with Gasteiger partial charge in [-0.25, -0.2) is 26.9 Å². The molecule has 0 atom stereocenters. The van der Waals surface area contributed by atoms with Crippen molar-refractivity contribution in [1.29, 1.82) is 0 Å². The first kappa shape index (κ1) is 20.9. The second-order valence-electron chi connectivity index (χ2n) is 6.73. The summed E-state index contributed by atoms with van der Waals surface area (Å²) in [6.45, 7) is 0.544. The van der Waals surface area contributed by atoms with Crippen molar-refractivity contribution in [3.8, 4) is 16.9 Å². The maximum atomic E-state index is 14.8. The molecule has 162 valence electrons. The van der Waals surface area contributed by atoms with Crippen LogP contribution < -0.4 is 20.1 Å². The number of fused-ring (bicyclic) bond motifs is 4. The fourth-order valence-corrected chi connectivity index (χ4v) is 4.28. The van der Waals surface area contributed by atoms with Gasteiger partial charge in [0.15, 0.2) is 17.4 Å². The second kappa shape index (κ2) is 8.44. The normalized spacial score (nSPS) is 15.5. The number of rotatable bonds is 2. The highest BCUT2D eigenvalue weighted by molar-refractivity contribution is 7.89. The molecule has 4 bridgehead atoms. The molecule has 0 aliphatic carbocycles. The number of hydrogen-bond acceptors (Lipinski definition) is 7. The lowest BCUT2D eigenvalue weighted by molar-refractivity contribution is 0.360. The molecule has 0 fully saturated rings. The first-order chi connectivity index (χ1) is 14.9. The summed E-state index contributed by atoms with van der Waals surface area (Å²) < 4.78 is 60.9. The van der Waals surface area contributed by atoms with Gasteiger partial charge in [0, 0.05) is 36.1 Å². The summed E-state index contributed by atoms with van der Waals surface area (Å²) in [5.41, 5.74) is 0.848. The molecule has 4 rings (SSSR count). The molecule has 0 unspecified atom stereocenters. The van der Waals surface area contributed by atoms with Gasteiger partial charge in [-0.1, -0.05) is 6.07 Å². The lowest BCUT2D eigenvalue weighted by atomic mass is 10.1. The van der Waals surface area contributed by atoms with Gasteiger partial charge in [-0.2, -0.15) is 4.98 Å². The van der Waals surface area contributed by atoms with Gasteiger partial charge in [0.25, 0.3) is 0 Å². The Labute approximate surface area is 177 Å². The first-order valence-corrected chi connectivity index (χ1v) is 10.9. The fraction of sp³-hybridized carbons (Fsp3) is 0.200. The molecule has 11 heteroatoms. The van der Waals surface area contributed by atoms with Crippen LogP contribution in [0.15, 0.2) is 47.5 Å². The number of aromatic nitrogens is 2. The molecular weight excluding hydrogens is 428 g/mol. The third-order valence-corrected chi connectivity index (χ3v) is 6.13. The van der Waals surface area contributed by atoms with Crippen LogP contribution in [-0.2, 0) is 10.0 Å². The minimum Gasteiger partial charge on any atom is -0.491 e. The van der Waals surface area contributed by atoms with E-state index >= 15 is 0 Å². The molecule has 3 aromatic rings. The monoisotopic (exact) mass is 447 g/mol. The van der Waals surface area contributed by atoms with Gasteiger partial charge in [-0.3, -0.25) is 0 Å². The van der Waals surface area contributed by atoms with E-state index in [2.05, 4.69) is 25.3 Å². The van der Waals surface area contributed by atoms with E-state index < -0.39 is 27.4 Å². The molecule has 0 spiro atoms. The van der Waals surface area contributed by atoms with E-state index in [4.69, 9.17) is 4.74 Å². The molecular formula is C20H19F2N5O3S. The minimum atomic E-state index is -3.66. The van der Waals surface area contributed by atoms with Crippen molar-refractivity contribution in [2.75, 3.05) is 30.8 Å². The molecule has 1 aliphatic rings. The predicted molar refractivity (Wildman–Crippen MR) is 112 cm³/mol. The van der Waals surface area contributed by atoms with E-state index in [1.807, 2.05) is 0 Å². The average molecular weight is 447 g/mol. The fourth-order valence-electron chi connectivity index (χ4n) is 3.16. The quantitative estimate of drug-likeness (QED) is 0.554. The second-order valence-corrected chi connectivity index (χ2v) is 8.50. The Morgan fingerprint density at radius 2 is 1.94 bits per heavy atom. The summed E-state index contributed by atoms with van der Waals surface area (Å²) in [5, 5.41) is 6.03. The number of nitrogens with one attached hydrogen (secondary N) is 3. The Morgan fingerprint density at radius 3 is 2.74 bits per heavy atom. The summed E-state index contributed by atoms with van der Waals surface area (Å²) >= 11 is 0. The van der Waals surface area contributed by atoms with Crippen LogP contribution in [0.5, 0.6) is 5.75 Å². The molecule has 31 heavy (non-hydrogen) atoms.